The minimum absolute atomic E-state index is 0.145. The molecule has 1 heterocycles. The highest BCUT2D eigenvalue weighted by Gasteiger charge is 2.25. The van der Waals surface area contributed by atoms with Gasteiger partial charge in [0.15, 0.2) is 5.82 Å². The maximum Gasteiger partial charge on any atom is 0.311 e. The molecule has 5 heteroatoms. The molecule has 1 N–H and O–H groups in total. The van der Waals surface area contributed by atoms with Gasteiger partial charge in [0, 0.05) is 5.92 Å². The molecule has 1 aromatic heterocycles. The average Bonchev–Trinajstić information content (AvgIpc) is 2.85. The molecule has 0 aromatic carbocycles. The van der Waals surface area contributed by atoms with Crippen LogP contribution in [-0.2, 0) is 11.2 Å². The van der Waals surface area contributed by atoms with Gasteiger partial charge in [0.05, 0.1) is 11.9 Å². The lowest BCUT2D eigenvalue weighted by Crippen LogP contribution is -2.07. The fourth-order valence-corrected chi connectivity index (χ4v) is 1.14. The summed E-state index contributed by atoms with van der Waals surface area (Å²) in [5.41, 5.74) is 0.881. The molecule has 1 saturated carbocycles. The van der Waals surface area contributed by atoms with E-state index in [0.29, 0.717) is 11.7 Å². The summed E-state index contributed by atoms with van der Waals surface area (Å²) in [6.45, 7) is 0. The number of nitrogens with zero attached hydrogens (tertiary/aromatic N) is 3. The highest BCUT2D eigenvalue weighted by Crippen LogP contribution is 2.38. The van der Waals surface area contributed by atoms with Gasteiger partial charge in [0.25, 0.3) is 0 Å². The number of aliphatic carboxylic acids is 1. The third-order valence-electron chi connectivity index (χ3n) is 1.93. The summed E-state index contributed by atoms with van der Waals surface area (Å²) in [5.74, 6) is -0.130. The van der Waals surface area contributed by atoms with Crippen molar-refractivity contribution < 1.29 is 9.90 Å². The minimum Gasteiger partial charge on any atom is -0.481 e. The van der Waals surface area contributed by atoms with E-state index < -0.39 is 5.97 Å². The first-order chi connectivity index (χ1) is 6.25. The molecule has 0 spiro atoms. The van der Waals surface area contributed by atoms with Gasteiger partial charge < -0.3 is 5.11 Å². The van der Waals surface area contributed by atoms with E-state index in [-0.39, 0.29) is 6.42 Å². The van der Waals surface area contributed by atoms with Crippen molar-refractivity contribution in [3.63, 3.8) is 0 Å². The third kappa shape index (κ3) is 1.99. The summed E-state index contributed by atoms with van der Waals surface area (Å²) >= 11 is 0. The molecule has 0 unspecified atom stereocenters. The standard InChI is InChI=1S/C8H9N3O2/c12-8(13)3-7-10-6(4-9-11-7)5-1-2-5/h4-5H,1-3H2,(H,12,13). The Morgan fingerprint density at radius 1 is 1.62 bits per heavy atom. The molecule has 1 aliphatic carbocycles. The van der Waals surface area contributed by atoms with Crippen LogP contribution in [0.2, 0.25) is 0 Å². The zero-order valence-electron chi connectivity index (χ0n) is 6.97. The van der Waals surface area contributed by atoms with E-state index in [2.05, 4.69) is 15.2 Å². The fourth-order valence-electron chi connectivity index (χ4n) is 1.14. The van der Waals surface area contributed by atoms with Gasteiger partial charge in [0.2, 0.25) is 0 Å². The van der Waals surface area contributed by atoms with Crippen LogP contribution in [0.25, 0.3) is 0 Å². The van der Waals surface area contributed by atoms with Gasteiger partial charge >= 0.3 is 5.97 Å². The SMILES string of the molecule is O=C(O)Cc1nncc(C2CC2)n1. The van der Waals surface area contributed by atoms with Gasteiger partial charge in [-0.05, 0) is 12.8 Å². The van der Waals surface area contributed by atoms with Crippen molar-refractivity contribution in [3.05, 3.63) is 17.7 Å². The molecular formula is C8H9N3O2. The first kappa shape index (κ1) is 8.10. The summed E-state index contributed by atoms with van der Waals surface area (Å²) < 4.78 is 0. The van der Waals surface area contributed by atoms with E-state index in [1.807, 2.05) is 0 Å². The zero-order chi connectivity index (χ0) is 9.26. The van der Waals surface area contributed by atoms with Gasteiger partial charge in [-0.1, -0.05) is 0 Å². The Morgan fingerprint density at radius 2 is 2.38 bits per heavy atom. The molecule has 0 aliphatic heterocycles. The molecule has 1 fully saturated rings. The van der Waals surface area contributed by atoms with Crippen LogP contribution in [-0.4, -0.2) is 26.3 Å². The fraction of sp³-hybridized carbons (Fsp3) is 0.500. The molecule has 0 saturated heterocycles. The first-order valence-corrected chi connectivity index (χ1v) is 4.16. The summed E-state index contributed by atoms with van der Waals surface area (Å²) in [6.07, 6.45) is 3.73. The first-order valence-electron chi connectivity index (χ1n) is 4.16. The molecule has 2 rings (SSSR count). The number of hydrogen-bond donors (Lipinski definition) is 1. The molecule has 1 aromatic rings. The zero-order valence-corrected chi connectivity index (χ0v) is 6.97. The van der Waals surface area contributed by atoms with E-state index in [9.17, 15) is 4.79 Å². The Hall–Kier alpha value is -1.52. The Kier molecular flexibility index (Phi) is 1.92. The van der Waals surface area contributed by atoms with Crippen molar-refractivity contribution in [1.29, 1.82) is 0 Å². The van der Waals surface area contributed by atoms with E-state index in [4.69, 9.17) is 5.11 Å². The number of hydrogen-bond acceptors (Lipinski definition) is 4. The summed E-state index contributed by atoms with van der Waals surface area (Å²) in [6, 6.07) is 0. The molecule has 0 bridgehead atoms. The van der Waals surface area contributed by atoms with Crippen LogP contribution < -0.4 is 0 Å². The quantitative estimate of drug-likeness (QED) is 0.725. The number of aromatic nitrogens is 3. The summed E-state index contributed by atoms with van der Waals surface area (Å²) in [4.78, 5) is 14.5. The maximum absolute atomic E-state index is 10.4. The van der Waals surface area contributed by atoms with Crippen molar-refractivity contribution in [2.24, 2.45) is 0 Å². The maximum atomic E-state index is 10.4. The molecule has 0 atom stereocenters. The predicted molar refractivity (Wildman–Crippen MR) is 43.1 cm³/mol. The van der Waals surface area contributed by atoms with Crippen LogP contribution in [0.5, 0.6) is 0 Å². The second-order valence-corrected chi connectivity index (χ2v) is 3.14. The van der Waals surface area contributed by atoms with Crippen molar-refractivity contribution in [3.8, 4) is 0 Å². The Labute approximate surface area is 74.8 Å². The van der Waals surface area contributed by atoms with Gasteiger partial charge in [-0.25, -0.2) is 4.98 Å². The van der Waals surface area contributed by atoms with Crippen LogP contribution in [0.1, 0.15) is 30.3 Å². The molecule has 5 nitrogen and oxygen atoms in total. The summed E-state index contributed by atoms with van der Waals surface area (Å²) in [7, 11) is 0. The van der Waals surface area contributed by atoms with Crippen LogP contribution in [0, 0.1) is 0 Å². The van der Waals surface area contributed by atoms with E-state index in [1.165, 1.54) is 0 Å². The molecule has 0 amide bonds. The minimum atomic E-state index is -0.922. The van der Waals surface area contributed by atoms with E-state index >= 15 is 0 Å². The Bertz CT molecular complexity index is 336. The number of carboxylic acid groups (broad SMARTS) is 1. The van der Waals surface area contributed by atoms with Gasteiger partial charge in [0.1, 0.15) is 6.42 Å². The molecule has 13 heavy (non-hydrogen) atoms. The molecular weight excluding hydrogens is 170 g/mol. The molecule has 1 aliphatic rings. The van der Waals surface area contributed by atoms with Crippen LogP contribution in [0.4, 0.5) is 0 Å². The van der Waals surface area contributed by atoms with Crippen molar-refractivity contribution in [1.82, 2.24) is 15.2 Å². The highest BCUT2D eigenvalue weighted by molar-refractivity contribution is 5.68. The van der Waals surface area contributed by atoms with Crippen molar-refractivity contribution >= 4 is 5.97 Å². The largest absolute Gasteiger partial charge is 0.481 e. The predicted octanol–water partition coefficient (Wildman–Crippen LogP) is 0.376. The molecule has 0 radical (unpaired) electrons. The van der Waals surface area contributed by atoms with E-state index in [1.54, 1.807) is 6.20 Å². The second-order valence-electron chi connectivity index (χ2n) is 3.14. The Morgan fingerprint density at radius 3 is 3.00 bits per heavy atom. The van der Waals surface area contributed by atoms with Crippen LogP contribution in [0.3, 0.4) is 0 Å². The Balaban J connectivity index is 2.16. The number of rotatable bonds is 3. The number of carboxylic acids is 1. The van der Waals surface area contributed by atoms with Crippen LogP contribution in [0.15, 0.2) is 6.20 Å². The lowest BCUT2D eigenvalue weighted by atomic mass is 10.3. The summed E-state index contributed by atoms with van der Waals surface area (Å²) in [5, 5.41) is 15.9. The van der Waals surface area contributed by atoms with E-state index in [0.717, 1.165) is 18.5 Å². The van der Waals surface area contributed by atoms with Gasteiger partial charge in [-0.3, -0.25) is 4.79 Å². The van der Waals surface area contributed by atoms with Gasteiger partial charge in [-0.15, -0.1) is 5.10 Å². The smallest absolute Gasteiger partial charge is 0.311 e. The number of carbonyl (C=O) groups is 1. The van der Waals surface area contributed by atoms with Crippen LogP contribution >= 0.6 is 0 Å². The average molecular weight is 179 g/mol. The lowest BCUT2D eigenvalue weighted by molar-refractivity contribution is -0.136. The van der Waals surface area contributed by atoms with Crippen molar-refractivity contribution in [2.75, 3.05) is 0 Å². The monoisotopic (exact) mass is 179 g/mol. The highest BCUT2D eigenvalue weighted by atomic mass is 16.4. The van der Waals surface area contributed by atoms with Crippen molar-refractivity contribution in [2.45, 2.75) is 25.2 Å². The second kappa shape index (κ2) is 3.08. The third-order valence-corrected chi connectivity index (χ3v) is 1.93. The normalized spacial score (nSPS) is 15.7. The topological polar surface area (TPSA) is 76.0 Å². The van der Waals surface area contributed by atoms with Gasteiger partial charge in [-0.2, -0.15) is 5.10 Å². The lowest BCUT2D eigenvalue weighted by Gasteiger charge is -1.97. The molecule has 68 valence electrons.